The molecule has 10 heavy (non-hydrogen) atoms. The lowest BCUT2D eigenvalue weighted by atomic mass is 9.80. The largest absolute Gasteiger partial charge is 0.153 e. The lowest BCUT2D eigenvalue weighted by Crippen LogP contribution is -2.19. The molecule has 0 aliphatic heterocycles. The predicted molar refractivity (Wildman–Crippen MR) is 48.4 cm³/mol. The van der Waals surface area contributed by atoms with Crippen LogP contribution in [0, 0.1) is 0 Å². The Bertz CT molecular complexity index is 219. The molecule has 0 saturated heterocycles. The van der Waals surface area contributed by atoms with Crippen molar-refractivity contribution in [2.75, 3.05) is 0 Å². The molecular formula is C8H11BS. The summed E-state index contributed by atoms with van der Waals surface area (Å²) in [6.07, 6.45) is 0. The van der Waals surface area contributed by atoms with Crippen molar-refractivity contribution < 1.29 is 0 Å². The standard InChI is InChI=1S/C8H11BS/c1-8(2,3)6-4-10-5-7(6)9/h4-5H,1-3H3. The molecule has 1 aromatic rings. The first-order chi connectivity index (χ1) is 4.52. The van der Waals surface area contributed by atoms with Gasteiger partial charge in [0.2, 0.25) is 0 Å². The lowest BCUT2D eigenvalue weighted by molar-refractivity contribution is 0.596. The van der Waals surface area contributed by atoms with Crippen LogP contribution in [0.4, 0.5) is 0 Å². The van der Waals surface area contributed by atoms with Gasteiger partial charge in [-0.15, -0.1) is 0 Å². The molecule has 1 aromatic heterocycles. The van der Waals surface area contributed by atoms with Crippen LogP contribution in [0.15, 0.2) is 10.8 Å². The van der Waals surface area contributed by atoms with E-state index < -0.39 is 0 Å². The van der Waals surface area contributed by atoms with Crippen molar-refractivity contribution in [1.29, 1.82) is 0 Å². The second-order valence-corrected chi connectivity index (χ2v) is 4.23. The van der Waals surface area contributed by atoms with Crippen LogP contribution in [0.3, 0.4) is 0 Å². The Hall–Kier alpha value is -0.235. The minimum Gasteiger partial charge on any atom is -0.153 e. The van der Waals surface area contributed by atoms with Crippen LogP contribution in [0.2, 0.25) is 0 Å². The topological polar surface area (TPSA) is 0 Å². The monoisotopic (exact) mass is 150 g/mol. The van der Waals surface area contributed by atoms with E-state index >= 15 is 0 Å². The van der Waals surface area contributed by atoms with Gasteiger partial charge >= 0.3 is 0 Å². The van der Waals surface area contributed by atoms with Crippen molar-refractivity contribution in [3.8, 4) is 0 Å². The van der Waals surface area contributed by atoms with Gasteiger partial charge in [0.1, 0.15) is 7.85 Å². The van der Waals surface area contributed by atoms with Crippen LogP contribution < -0.4 is 5.46 Å². The number of hydrogen-bond donors (Lipinski definition) is 0. The summed E-state index contributed by atoms with van der Waals surface area (Å²) >= 11 is 1.67. The highest BCUT2D eigenvalue weighted by atomic mass is 32.1. The van der Waals surface area contributed by atoms with Crippen LogP contribution >= 0.6 is 11.3 Å². The normalized spacial score (nSPS) is 11.9. The lowest BCUT2D eigenvalue weighted by Gasteiger charge is -2.18. The summed E-state index contributed by atoms with van der Waals surface area (Å²) in [5.74, 6) is 0. The van der Waals surface area contributed by atoms with Gasteiger partial charge in [-0.3, -0.25) is 0 Å². The SMILES string of the molecule is [B]c1cscc1C(C)(C)C. The first-order valence-corrected chi connectivity index (χ1v) is 4.28. The quantitative estimate of drug-likeness (QED) is 0.495. The Morgan fingerprint density at radius 2 is 1.90 bits per heavy atom. The maximum atomic E-state index is 5.74. The molecule has 52 valence electrons. The maximum absolute atomic E-state index is 5.74. The Morgan fingerprint density at radius 3 is 2.10 bits per heavy atom. The zero-order chi connectivity index (χ0) is 7.78. The van der Waals surface area contributed by atoms with E-state index in [1.807, 2.05) is 5.38 Å². The molecule has 0 unspecified atom stereocenters. The molecular weight excluding hydrogens is 139 g/mol. The van der Waals surface area contributed by atoms with E-state index in [4.69, 9.17) is 7.85 Å². The van der Waals surface area contributed by atoms with Gasteiger partial charge in [0.15, 0.2) is 0 Å². The summed E-state index contributed by atoms with van der Waals surface area (Å²) in [7, 11) is 5.74. The zero-order valence-corrected chi connectivity index (χ0v) is 7.46. The van der Waals surface area contributed by atoms with Gasteiger partial charge in [-0.05, 0) is 21.7 Å². The van der Waals surface area contributed by atoms with E-state index in [2.05, 4.69) is 26.2 Å². The van der Waals surface area contributed by atoms with Crippen molar-refractivity contribution in [2.45, 2.75) is 26.2 Å². The third kappa shape index (κ3) is 1.43. The molecule has 0 fully saturated rings. The van der Waals surface area contributed by atoms with Gasteiger partial charge in [0.25, 0.3) is 0 Å². The smallest absolute Gasteiger partial charge is 0.115 e. The molecule has 1 rings (SSSR count). The Balaban J connectivity index is 3.05. The summed E-state index contributed by atoms with van der Waals surface area (Å²) in [6.45, 7) is 6.52. The van der Waals surface area contributed by atoms with E-state index in [9.17, 15) is 0 Å². The molecule has 0 spiro atoms. The summed E-state index contributed by atoms with van der Waals surface area (Å²) in [5.41, 5.74) is 2.39. The van der Waals surface area contributed by atoms with Gasteiger partial charge in [0, 0.05) is 0 Å². The fourth-order valence-electron chi connectivity index (χ4n) is 0.917. The molecule has 0 aliphatic rings. The van der Waals surface area contributed by atoms with Crippen molar-refractivity contribution >= 4 is 24.6 Å². The van der Waals surface area contributed by atoms with Crippen LogP contribution in [-0.4, -0.2) is 7.85 Å². The van der Waals surface area contributed by atoms with Gasteiger partial charge in [0.05, 0.1) is 0 Å². The number of hydrogen-bond acceptors (Lipinski definition) is 1. The molecule has 0 nitrogen and oxygen atoms in total. The summed E-state index contributed by atoms with van der Waals surface area (Å²) in [6, 6.07) is 0. The van der Waals surface area contributed by atoms with Crippen LogP contribution in [-0.2, 0) is 5.41 Å². The third-order valence-corrected chi connectivity index (χ3v) is 2.26. The highest BCUT2D eigenvalue weighted by Gasteiger charge is 2.15. The molecule has 0 aromatic carbocycles. The molecule has 2 radical (unpaired) electrons. The maximum Gasteiger partial charge on any atom is 0.115 e. The fraction of sp³-hybridized carbons (Fsp3) is 0.500. The summed E-state index contributed by atoms with van der Waals surface area (Å²) in [5, 5.41) is 4.11. The average Bonchev–Trinajstić information content (AvgIpc) is 2.11. The first kappa shape index (κ1) is 7.87. The highest BCUT2D eigenvalue weighted by Crippen LogP contribution is 2.21. The molecule has 0 N–H and O–H groups in total. The number of rotatable bonds is 0. The minimum atomic E-state index is 0.198. The predicted octanol–water partition coefficient (Wildman–Crippen LogP) is 1.84. The van der Waals surface area contributed by atoms with E-state index in [1.165, 1.54) is 5.56 Å². The molecule has 0 amide bonds. The van der Waals surface area contributed by atoms with Gasteiger partial charge < -0.3 is 0 Å². The van der Waals surface area contributed by atoms with Crippen molar-refractivity contribution in [1.82, 2.24) is 0 Å². The third-order valence-electron chi connectivity index (χ3n) is 1.50. The zero-order valence-electron chi connectivity index (χ0n) is 6.64. The molecule has 0 bridgehead atoms. The molecule has 2 heteroatoms. The van der Waals surface area contributed by atoms with Crippen LogP contribution in [0.1, 0.15) is 26.3 Å². The Labute approximate surface area is 67.7 Å². The van der Waals surface area contributed by atoms with Crippen molar-refractivity contribution in [3.05, 3.63) is 16.3 Å². The van der Waals surface area contributed by atoms with Crippen molar-refractivity contribution in [2.24, 2.45) is 0 Å². The second kappa shape index (κ2) is 2.42. The molecule has 0 aliphatic carbocycles. The first-order valence-electron chi connectivity index (χ1n) is 3.34. The van der Waals surface area contributed by atoms with Gasteiger partial charge in [-0.2, -0.15) is 11.3 Å². The number of thiophene rings is 1. The highest BCUT2D eigenvalue weighted by molar-refractivity contribution is 7.09. The molecule has 1 heterocycles. The van der Waals surface area contributed by atoms with Gasteiger partial charge in [-0.25, -0.2) is 0 Å². The van der Waals surface area contributed by atoms with E-state index in [0.29, 0.717) is 0 Å². The molecule has 0 atom stereocenters. The minimum absolute atomic E-state index is 0.198. The van der Waals surface area contributed by atoms with E-state index in [1.54, 1.807) is 11.3 Å². The second-order valence-electron chi connectivity index (χ2n) is 3.49. The van der Waals surface area contributed by atoms with Crippen LogP contribution in [0.25, 0.3) is 0 Å². The fourth-order valence-corrected chi connectivity index (χ4v) is 1.88. The Kier molecular flexibility index (Phi) is 1.91. The average molecular weight is 150 g/mol. The van der Waals surface area contributed by atoms with Crippen LogP contribution in [0.5, 0.6) is 0 Å². The summed E-state index contributed by atoms with van der Waals surface area (Å²) in [4.78, 5) is 0. The van der Waals surface area contributed by atoms with E-state index in [-0.39, 0.29) is 5.41 Å². The van der Waals surface area contributed by atoms with Crippen molar-refractivity contribution in [3.63, 3.8) is 0 Å². The van der Waals surface area contributed by atoms with E-state index in [0.717, 1.165) is 5.46 Å². The Morgan fingerprint density at radius 1 is 1.30 bits per heavy atom. The molecule has 0 saturated carbocycles. The van der Waals surface area contributed by atoms with Gasteiger partial charge in [-0.1, -0.05) is 26.2 Å². The summed E-state index contributed by atoms with van der Waals surface area (Å²) < 4.78 is 0.